The fourth-order valence-electron chi connectivity index (χ4n) is 3.24. The number of hydrogen-bond donors (Lipinski definition) is 1. The van der Waals surface area contributed by atoms with Gasteiger partial charge in [-0.25, -0.2) is 9.82 Å². The van der Waals surface area contributed by atoms with Gasteiger partial charge in [0.2, 0.25) is 0 Å². The fourth-order valence-corrected chi connectivity index (χ4v) is 5.15. The summed E-state index contributed by atoms with van der Waals surface area (Å²) in [6.45, 7) is 2.29. The van der Waals surface area contributed by atoms with Gasteiger partial charge in [0.1, 0.15) is 18.0 Å². The molecule has 0 saturated heterocycles. The first-order valence-corrected chi connectivity index (χ1v) is 12.8. The van der Waals surface area contributed by atoms with Crippen molar-refractivity contribution in [2.24, 2.45) is 5.10 Å². The molecule has 0 bridgehead atoms. The van der Waals surface area contributed by atoms with E-state index in [0.29, 0.717) is 39.3 Å². The molecule has 0 radical (unpaired) electrons. The highest BCUT2D eigenvalue weighted by atomic mass is 79.9. The van der Waals surface area contributed by atoms with Gasteiger partial charge in [-0.1, -0.05) is 34.1 Å². The first-order chi connectivity index (χ1) is 16.9. The molecule has 180 valence electrons. The van der Waals surface area contributed by atoms with Crippen LogP contribution in [0.4, 0.5) is 4.39 Å². The lowest BCUT2D eigenvalue weighted by atomic mass is 10.2. The number of furan rings is 1. The molecule has 0 atom stereocenters. The molecule has 1 amide bonds. The van der Waals surface area contributed by atoms with Crippen LogP contribution in [0.2, 0.25) is 0 Å². The van der Waals surface area contributed by atoms with Crippen LogP contribution in [-0.4, -0.2) is 18.7 Å². The lowest BCUT2D eigenvalue weighted by Gasteiger charge is -2.15. The lowest BCUT2D eigenvalue weighted by molar-refractivity contribution is 0.0929. The molecule has 6 nitrogen and oxygen atoms in total. The molecule has 1 aromatic heterocycles. The van der Waals surface area contributed by atoms with E-state index < -0.39 is 5.91 Å². The Morgan fingerprint density at radius 2 is 1.89 bits per heavy atom. The number of hydrogen-bond acceptors (Lipinski definition) is 5. The largest absolute Gasteiger partial charge is 0.490 e. The molecule has 1 N–H and O–H groups in total. The normalized spacial score (nSPS) is 11.2. The number of nitrogens with one attached hydrogen (secondary N) is 1. The first-order valence-electron chi connectivity index (χ1n) is 10.4. The number of hydrazone groups is 1. The van der Waals surface area contributed by atoms with Crippen molar-refractivity contribution in [2.75, 3.05) is 6.61 Å². The van der Waals surface area contributed by atoms with Crippen molar-refractivity contribution in [3.63, 3.8) is 0 Å². The predicted molar refractivity (Wildman–Crippen MR) is 143 cm³/mol. The van der Waals surface area contributed by atoms with E-state index in [1.807, 2.05) is 19.1 Å². The number of halogens is 4. The van der Waals surface area contributed by atoms with Gasteiger partial charge in [-0.05, 0) is 80.7 Å². The van der Waals surface area contributed by atoms with E-state index in [1.54, 1.807) is 36.4 Å². The highest BCUT2D eigenvalue weighted by Crippen LogP contribution is 2.37. The van der Waals surface area contributed by atoms with Gasteiger partial charge < -0.3 is 13.9 Å². The summed E-state index contributed by atoms with van der Waals surface area (Å²) in [6, 6.07) is 15.2. The summed E-state index contributed by atoms with van der Waals surface area (Å²) in [7, 11) is 0. The van der Waals surface area contributed by atoms with Crippen LogP contribution in [0.25, 0.3) is 11.0 Å². The number of fused-ring (bicyclic) bond motifs is 1. The summed E-state index contributed by atoms with van der Waals surface area (Å²) in [5.74, 6) is 0.193. The van der Waals surface area contributed by atoms with Crippen molar-refractivity contribution < 1.29 is 23.1 Å². The second kappa shape index (κ2) is 11.4. The molecule has 0 saturated carbocycles. The zero-order valence-electron chi connectivity index (χ0n) is 18.3. The SMILES string of the molecule is CCOc1cc(/C=N\NC(=O)c2cc3cc(Br)cc(Br)c3o2)cc(Br)c1OCc1ccccc1F. The van der Waals surface area contributed by atoms with Crippen molar-refractivity contribution in [3.8, 4) is 11.5 Å². The quantitative estimate of drug-likeness (QED) is 0.155. The van der Waals surface area contributed by atoms with Crippen LogP contribution < -0.4 is 14.9 Å². The van der Waals surface area contributed by atoms with Crippen LogP contribution in [0, 0.1) is 5.82 Å². The smallest absolute Gasteiger partial charge is 0.307 e. The summed E-state index contributed by atoms with van der Waals surface area (Å²) in [4.78, 5) is 12.5. The Morgan fingerprint density at radius 1 is 1.09 bits per heavy atom. The molecule has 3 aromatic carbocycles. The maximum atomic E-state index is 13.9. The maximum absolute atomic E-state index is 13.9. The topological polar surface area (TPSA) is 73.1 Å². The van der Waals surface area contributed by atoms with E-state index in [4.69, 9.17) is 13.9 Å². The molecule has 0 aliphatic carbocycles. The maximum Gasteiger partial charge on any atom is 0.307 e. The van der Waals surface area contributed by atoms with Crippen LogP contribution in [0.1, 0.15) is 28.6 Å². The first kappa shape index (κ1) is 25.4. The van der Waals surface area contributed by atoms with E-state index in [2.05, 4.69) is 58.3 Å². The molecular weight excluding hydrogens is 651 g/mol. The molecule has 4 aromatic rings. The van der Waals surface area contributed by atoms with E-state index in [0.717, 1.165) is 14.3 Å². The van der Waals surface area contributed by atoms with Gasteiger partial charge in [-0.3, -0.25) is 4.79 Å². The molecule has 0 spiro atoms. The van der Waals surface area contributed by atoms with Crippen LogP contribution in [0.5, 0.6) is 11.5 Å². The molecule has 0 fully saturated rings. The highest BCUT2D eigenvalue weighted by Gasteiger charge is 2.15. The van der Waals surface area contributed by atoms with Crippen LogP contribution in [-0.2, 0) is 6.61 Å². The molecule has 0 unspecified atom stereocenters. The Hall–Kier alpha value is -2.69. The number of nitrogens with zero attached hydrogens (tertiary/aromatic N) is 1. The average molecular weight is 669 g/mol. The third-order valence-electron chi connectivity index (χ3n) is 4.80. The number of carbonyl (C=O) groups is 1. The zero-order valence-corrected chi connectivity index (χ0v) is 23.0. The van der Waals surface area contributed by atoms with Gasteiger partial charge >= 0.3 is 5.91 Å². The Kier molecular flexibility index (Phi) is 8.25. The molecule has 0 aliphatic heterocycles. The number of rotatable bonds is 8. The Morgan fingerprint density at radius 3 is 2.66 bits per heavy atom. The molecule has 35 heavy (non-hydrogen) atoms. The van der Waals surface area contributed by atoms with Crippen molar-refractivity contribution in [2.45, 2.75) is 13.5 Å². The van der Waals surface area contributed by atoms with Crippen LogP contribution in [0.15, 0.2) is 77.5 Å². The van der Waals surface area contributed by atoms with Gasteiger partial charge in [0.15, 0.2) is 17.3 Å². The monoisotopic (exact) mass is 666 g/mol. The third-order valence-corrected chi connectivity index (χ3v) is 6.44. The van der Waals surface area contributed by atoms with E-state index in [-0.39, 0.29) is 18.2 Å². The fraction of sp³-hybridized carbons (Fsp3) is 0.120. The lowest BCUT2D eigenvalue weighted by Crippen LogP contribution is -2.16. The highest BCUT2D eigenvalue weighted by molar-refractivity contribution is 9.11. The number of carbonyl (C=O) groups excluding carboxylic acids is 1. The summed E-state index contributed by atoms with van der Waals surface area (Å²) < 4.78 is 33.3. The third kappa shape index (κ3) is 6.12. The predicted octanol–water partition coefficient (Wildman–Crippen LogP) is 7.60. The Labute approximate surface area is 225 Å². The van der Waals surface area contributed by atoms with Crippen molar-refractivity contribution in [1.29, 1.82) is 0 Å². The Bertz CT molecular complexity index is 1420. The van der Waals surface area contributed by atoms with Gasteiger partial charge in [-0.2, -0.15) is 5.10 Å². The second-order valence-corrected chi connectivity index (χ2v) is 9.88. The summed E-state index contributed by atoms with van der Waals surface area (Å²) in [5.41, 5.74) is 4.11. The summed E-state index contributed by atoms with van der Waals surface area (Å²) >= 11 is 10.3. The van der Waals surface area contributed by atoms with Crippen LogP contribution >= 0.6 is 47.8 Å². The summed E-state index contributed by atoms with van der Waals surface area (Å²) in [5, 5.41) is 4.81. The van der Waals surface area contributed by atoms with Crippen molar-refractivity contribution in [3.05, 3.63) is 90.7 Å². The zero-order chi connectivity index (χ0) is 24.9. The second-order valence-electron chi connectivity index (χ2n) is 7.26. The van der Waals surface area contributed by atoms with E-state index >= 15 is 0 Å². The molecular formula is C25H18Br3FN2O4. The Balaban J connectivity index is 1.48. The summed E-state index contributed by atoms with van der Waals surface area (Å²) in [6.07, 6.45) is 1.47. The van der Waals surface area contributed by atoms with Gasteiger partial charge in [0, 0.05) is 15.4 Å². The van der Waals surface area contributed by atoms with Crippen LogP contribution in [0.3, 0.4) is 0 Å². The molecule has 0 aliphatic rings. The van der Waals surface area contributed by atoms with Gasteiger partial charge in [0.25, 0.3) is 0 Å². The minimum absolute atomic E-state index is 0.0407. The molecule has 4 rings (SSSR count). The van der Waals surface area contributed by atoms with Crippen molar-refractivity contribution in [1.82, 2.24) is 5.43 Å². The number of ether oxygens (including phenoxy) is 2. The number of amides is 1. The van der Waals surface area contributed by atoms with E-state index in [9.17, 15) is 9.18 Å². The standard InChI is InChI=1S/C25H18Br3FN2O4/c1-2-33-21-8-14(7-18(27)24(21)34-13-15-5-3-4-6-20(15)29)12-30-31-25(32)22-10-16-9-17(26)11-19(28)23(16)35-22/h3-12H,2,13H2,1H3,(H,31,32)/b30-12-. The van der Waals surface area contributed by atoms with E-state index in [1.165, 1.54) is 12.3 Å². The molecule has 1 heterocycles. The molecule has 10 heteroatoms. The minimum atomic E-state index is -0.491. The minimum Gasteiger partial charge on any atom is -0.490 e. The van der Waals surface area contributed by atoms with Gasteiger partial charge in [-0.15, -0.1) is 0 Å². The van der Waals surface area contributed by atoms with Crippen molar-refractivity contribution >= 4 is 70.9 Å². The van der Waals surface area contributed by atoms with Gasteiger partial charge in [0.05, 0.1) is 21.8 Å². The number of benzene rings is 3. The average Bonchev–Trinajstić information content (AvgIpc) is 3.24.